The van der Waals surface area contributed by atoms with Crippen molar-refractivity contribution < 1.29 is 48.3 Å². The topological polar surface area (TPSA) is 222 Å². The molecule has 0 bridgehead atoms. The van der Waals surface area contributed by atoms with Crippen LogP contribution in [0.5, 0.6) is 0 Å². The maximum atomic E-state index is 14.0. The highest BCUT2D eigenvalue weighted by atomic mass is 16.4. The Balaban J connectivity index is 1.56. The summed E-state index contributed by atoms with van der Waals surface area (Å²) in [6, 6.07) is 31.3. The molecule has 0 radical (unpaired) electrons. The van der Waals surface area contributed by atoms with E-state index in [2.05, 4.69) is 33.1 Å². The van der Waals surface area contributed by atoms with Crippen LogP contribution in [-0.2, 0) is 43.2 Å². The predicted molar refractivity (Wildman–Crippen MR) is 254 cm³/mol. The number of carboxylic acids is 1. The van der Waals surface area contributed by atoms with Crippen molar-refractivity contribution >= 4 is 52.7 Å². The Hall–Kier alpha value is -8.31. The highest BCUT2D eigenvalue weighted by molar-refractivity contribution is 6.04. The second kappa shape index (κ2) is 24.3. The molecule has 348 valence electrons. The van der Waals surface area contributed by atoms with Crippen LogP contribution in [0.1, 0.15) is 110 Å². The second-order valence-corrected chi connectivity index (χ2v) is 16.4. The van der Waals surface area contributed by atoms with Crippen molar-refractivity contribution in [3.05, 3.63) is 177 Å². The second-order valence-electron chi connectivity index (χ2n) is 16.4. The van der Waals surface area contributed by atoms with Crippen LogP contribution in [0.15, 0.2) is 127 Å². The average molecular weight is 917 g/mol. The summed E-state index contributed by atoms with van der Waals surface area (Å²) in [5.74, 6) is 0.290. The Labute approximate surface area is 394 Å². The first-order valence-electron chi connectivity index (χ1n) is 21.9. The van der Waals surface area contributed by atoms with Gasteiger partial charge in [-0.15, -0.1) is 0 Å². The van der Waals surface area contributed by atoms with Gasteiger partial charge in [-0.05, 0) is 106 Å². The monoisotopic (exact) mass is 916 g/mol. The predicted octanol–water partition coefficient (Wildman–Crippen LogP) is 5.43. The summed E-state index contributed by atoms with van der Waals surface area (Å²) in [5.41, 5.74) is 2.32. The maximum Gasteiger partial charge on any atom is 0.303 e. The van der Waals surface area contributed by atoms with E-state index in [9.17, 15) is 48.3 Å². The van der Waals surface area contributed by atoms with Crippen LogP contribution in [0.2, 0.25) is 0 Å². The normalized spacial score (nSPS) is 12.4. The van der Waals surface area contributed by atoms with Crippen molar-refractivity contribution in [2.45, 2.75) is 84.0 Å². The fourth-order valence-corrected chi connectivity index (χ4v) is 7.12. The molecule has 5 N–H and O–H groups in total. The Morgan fingerprint density at radius 2 is 0.676 bits per heavy atom. The van der Waals surface area contributed by atoms with Gasteiger partial charge in [-0.3, -0.25) is 43.2 Å². The molecule has 4 amide bonds. The fraction of sp³-hybridized carbons (Fsp3) is 0.241. The van der Waals surface area contributed by atoms with Gasteiger partial charge in [-0.25, -0.2) is 0 Å². The quantitative estimate of drug-likeness (QED) is 0.0588. The summed E-state index contributed by atoms with van der Waals surface area (Å²) < 4.78 is 0. The fourth-order valence-electron chi connectivity index (χ4n) is 7.12. The molecule has 0 aliphatic carbocycles. The molecular weight excluding hydrogens is 865 g/mol. The number of aliphatic carboxylic acids is 1. The minimum Gasteiger partial charge on any atom is -0.481 e. The standard InChI is InChI=1S/C54H52N4O10/c1-33(59)46(22-23-50(63)64)55-51(65)42-24-40(25-43(31-42)52(66)56-47(34(2)60)28-37-14-8-5-9-15-37)20-21-41-26-44(53(67)57-48(35(3)61)29-38-16-10-6-11-17-38)32-45(27-41)54(68)58-49(36(4)62)30-39-18-12-7-13-19-39/h5-19,24-27,31-32,46-49H,22-23,28-30H2,1-4H3,(H,55,65)(H,56,66)(H,57,67)(H,58,68)(H,63,64). The Kier molecular flexibility index (Phi) is 18.1. The van der Waals surface area contributed by atoms with E-state index in [4.69, 9.17) is 0 Å². The summed E-state index contributed by atoms with van der Waals surface area (Å²) >= 11 is 0. The van der Waals surface area contributed by atoms with Gasteiger partial charge in [0.15, 0.2) is 23.1 Å². The minimum atomic E-state index is -1.17. The van der Waals surface area contributed by atoms with Crippen LogP contribution in [0, 0.1) is 11.8 Å². The molecule has 68 heavy (non-hydrogen) atoms. The Morgan fingerprint density at radius 1 is 0.412 bits per heavy atom. The molecule has 14 heteroatoms. The molecule has 14 nitrogen and oxygen atoms in total. The number of Topliss-reactive ketones (excluding diaryl/α,β-unsaturated/α-hetero) is 4. The summed E-state index contributed by atoms with van der Waals surface area (Å²) in [7, 11) is 0. The lowest BCUT2D eigenvalue weighted by Crippen LogP contribution is -2.42. The number of carboxylic acid groups (broad SMARTS) is 1. The molecule has 0 saturated carbocycles. The highest BCUT2D eigenvalue weighted by Gasteiger charge is 2.25. The number of amides is 4. The maximum absolute atomic E-state index is 14.0. The van der Waals surface area contributed by atoms with Crippen LogP contribution in [0.4, 0.5) is 0 Å². The van der Waals surface area contributed by atoms with E-state index in [1.54, 1.807) is 12.1 Å². The largest absolute Gasteiger partial charge is 0.481 e. The number of hydrogen-bond donors (Lipinski definition) is 5. The lowest BCUT2D eigenvalue weighted by atomic mass is 9.99. The third-order valence-electron chi connectivity index (χ3n) is 10.9. The number of carbonyl (C=O) groups excluding carboxylic acids is 8. The van der Waals surface area contributed by atoms with Crippen molar-refractivity contribution in [1.82, 2.24) is 21.3 Å². The summed E-state index contributed by atoms with van der Waals surface area (Å²) in [6.45, 7) is 5.25. The van der Waals surface area contributed by atoms with Gasteiger partial charge in [0.25, 0.3) is 23.6 Å². The number of benzene rings is 5. The van der Waals surface area contributed by atoms with Gasteiger partial charge in [0.05, 0.1) is 24.2 Å². The number of hydrogen-bond acceptors (Lipinski definition) is 9. The Morgan fingerprint density at radius 3 is 0.926 bits per heavy atom. The molecule has 0 spiro atoms. The minimum absolute atomic E-state index is 0.0396. The number of nitrogens with one attached hydrogen (secondary N) is 4. The zero-order valence-corrected chi connectivity index (χ0v) is 38.1. The average Bonchev–Trinajstić information content (AvgIpc) is 3.31. The zero-order chi connectivity index (χ0) is 49.3. The lowest BCUT2D eigenvalue weighted by Gasteiger charge is -2.18. The molecule has 0 saturated heterocycles. The van der Waals surface area contributed by atoms with E-state index in [0.29, 0.717) is 0 Å². The van der Waals surface area contributed by atoms with Crippen LogP contribution in [0.3, 0.4) is 0 Å². The van der Waals surface area contributed by atoms with Crippen LogP contribution < -0.4 is 21.3 Å². The number of ketones is 4. The first-order valence-corrected chi connectivity index (χ1v) is 21.9. The van der Waals surface area contributed by atoms with E-state index < -0.39 is 66.0 Å². The highest BCUT2D eigenvalue weighted by Crippen LogP contribution is 2.17. The van der Waals surface area contributed by atoms with E-state index in [1.807, 2.05) is 78.9 Å². The van der Waals surface area contributed by atoms with E-state index >= 15 is 0 Å². The molecule has 0 heterocycles. The summed E-state index contributed by atoms with van der Waals surface area (Å²) in [4.78, 5) is 118. The van der Waals surface area contributed by atoms with E-state index in [1.165, 1.54) is 64.1 Å². The molecular formula is C54H52N4O10. The van der Waals surface area contributed by atoms with Crippen LogP contribution >= 0.6 is 0 Å². The molecule has 0 aliphatic heterocycles. The van der Waals surface area contributed by atoms with Gasteiger partial charge < -0.3 is 26.4 Å². The van der Waals surface area contributed by atoms with Crippen LogP contribution in [0.25, 0.3) is 0 Å². The van der Waals surface area contributed by atoms with Gasteiger partial charge in [0.1, 0.15) is 0 Å². The van der Waals surface area contributed by atoms with Crippen molar-refractivity contribution in [3.8, 4) is 11.8 Å². The summed E-state index contributed by atoms with van der Waals surface area (Å²) in [5, 5.41) is 20.0. The number of rotatable bonds is 21. The van der Waals surface area contributed by atoms with Gasteiger partial charge in [0.2, 0.25) is 0 Å². The molecule has 5 aromatic carbocycles. The van der Waals surface area contributed by atoms with Crippen molar-refractivity contribution in [3.63, 3.8) is 0 Å². The van der Waals surface area contributed by atoms with Crippen molar-refractivity contribution in [2.24, 2.45) is 0 Å². The van der Waals surface area contributed by atoms with Gasteiger partial charge in [0, 0.05) is 39.8 Å². The third-order valence-corrected chi connectivity index (χ3v) is 10.9. The van der Waals surface area contributed by atoms with Gasteiger partial charge in [-0.1, -0.05) is 103 Å². The molecule has 0 aromatic heterocycles. The molecule has 4 atom stereocenters. The van der Waals surface area contributed by atoms with Gasteiger partial charge in [-0.2, -0.15) is 0 Å². The lowest BCUT2D eigenvalue weighted by molar-refractivity contribution is -0.137. The zero-order valence-electron chi connectivity index (χ0n) is 38.1. The molecule has 5 aromatic rings. The SMILES string of the molecule is CC(=O)C(CCC(=O)O)NC(=O)c1cc(C#Cc2cc(C(=O)NC(Cc3ccccc3)C(C)=O)cc(C(=O)NC(Cc3ccccc3)C(C)=O)c2)cc(C(=O)NC(Cc2ccccc2)C(C)=O)c1. The molecule has 4 unspecified atom stereocenters. The third kappa shape index (κ3) is 15.4. The first kappa shape index (κ1) is 50.7. The number of carbonyl (C=O) groups is 9. The van der Waals surface area contributed by atoms with Crippen molar-refractivity contribution in [2.75, 3.05) is 0 Å². The van der Waals surface area contributed by atoms with Crippen LogP contribution in [-0.4, -0.2) is 82.0 Å². The summed E-state index contributed by atoms with van der Waals surface area (Å²) in [6.07, 6.45) is -0.0283. The molecule has 5 rings (SSSR count). The van der Waals surface area contributed by atoms with Gasteiger partial charge >= 0.3 is 5.97 Å². The molecule has 0 aliphatic rings. The van der Waals surface area contributed by atoms with E-state index in [0.717, 1.165) is 16.7 Å². The van der Waals surface area contributed by atoms with E-state index in [-0.39, 0.29) is 76.4 Å². The first-order chi connectivity index (χ1) is 32.4. The Bertz CT molecular complexity index is 2670. The van der Waals surface area contributed by atoms with Crippen molar-refractivity contribution in [1.29, 1.82) is 0 Å². The smallest absolute Gasteiger partial charge is 0.303 e. The molecule has 0 fully saturated rings.